The molecule has 3 aromatic rings. The molecule has 1 saturated carbocycles. The minimum atomic E-state index is -4.53. The van der Waals surface area contributed by atoms with Crippen molar-refractivity contribution >= 4 is 39.7 Å². The van der Waals surface area contributed by atoms with Crippen molar-refractivity contribution in [2.75, 3.05) is 16.8 Å². The predicted octanol–water partition coefficient (Wildman–Crippen LogP) is 6.59. The summed E-state index contributed by atoms with van der Waals surface area (Å²) in [6.45, 7) is 0.235. The Hall–Kier alpha value is -3.68. The first kappa shape index (κ1) is 24.0. The lowest BCUT2D eigenvalue weighted by atomic mass is 9.92. The van der Waals surface area contributed by atoms with E-state index in [9.17, 15) is 22.8 Å². The van der Waals surface area contributed by atoms with Crippen molar-refractivity contribution in [2.24, 2.45) is 5.92 Å². The second-order valence-corrected chi connectivity index (χ2v) is 9.45. The number of alkyl halides is 3. The number of carbonyl (C=O) groups excluding carboxylic acids is 2. The van der Waals surface area contributed by atoms with Crippen LogP contribution < -0.4 is 10.2 Å². The molecule has 0 saturated heterocycles. The average molecular weight is 494 g/mol. The summed E-state index contributed by atoms with van der Waals surface area (Å²) >= 11 is 0. The number of anilines is 2. The summed E-state index contributed by atoms with van der Waals surface area (Å²) in [6, 6.07) is 12.5. The summed E-state index contributed by atoms with van der Waals surface area (Å²) in [6.07, 6.45) is 3.39. The number of benzene rings is 2. The van der Waals surface area contributed by atoms with Crippen molar-refractivity contribution in [3.05, 3.63) is 71.9 Å². The van der Waals surface area contributed by atoms with E-state index in [-0.39, 0.29) is 24.1 Å². The van der Waals surface area contributed by atoms with E-state index in [1.165, 1.54) is 17.0 Å². The molecule has 1 aliphatic carbocycles. The van der Waals surface area contributed by atoms with Gasteiger partial charge in [-0.05, 0) is 61.1 Å². The zero-order chi connectivity index (χ0) is 25.3. The lowest BCUT2D eigenvalue weighted by Crippen LogP contribution is -2.36. The van der Waals surface area contributed by atoms with Crippen LogP contribution in [0.4, 0.5) is 24.5 Å². The number of pyridine rings is 1. The summed E-state index contributed by atoms with van der Waals surface area (Å²) < 4.78 is 40.5. The molecular formula is C28H26F3N3O2. The van der Waals surface area contributed by atoms with E-state index >= 15 is 0 Å². The molecule has 5 rings (SSSR count). The Morgan fingerprint density at radius 3 is 2.67 bits per heavy atom. The van der Waals surface area contributed by atoms with Crippen LogP contribution in [0, 0.1) is 5.92 Å². The number of fused-ring (bicyclic) bond motifs is 2. The Labute approximate surface area is 207 Å². The van der Waals surface area contributed by atoms with E-state index in [1.807, 2.05) is 18.2 Å². The van der Waals surface area contributed by atoms with Crippen molar-refractivity contribution in [3.8, 4) is 0 Å². The van der Waals surface area contributed by atoms with Crippen LogP contribution in [0.2, 0.25) is 0 Å². The van der Waals surface area contributed by atoms with Gasteiger partial charge >= 0.3 is 6.18 Å². The van der Waals surface area contributed by atoms with E-state index in [2.05, 4.69) is 10.3 Å². The molecule has 0 unspecified atom stereocenters. The first-order valence-electron chi connectivity index (χ1n) is 12.2. The molecule has 0 bridgehead atoms. The summed E-state index contributed by atoms with van der Waals surface area (Å²) in [4.78, 5) is 31.7. The number of aromatic nitrogens is 1. The van der Waals surface area contributed by atoms with Crippen molar-refractivity contribution < 1.29 is 22.8 Å². The van der Waals surface area contributed by atoms with Gasteiger partial charge in [0, 0.05) is 41.9 Å². The van der Waals surface area contributed by atoms with Gasteiger partial charge in [0.25, 0.3) is 0 Å². The molecule has 2 aromatic carbocycles. The van der Waals surface area contributed by atoms with E-state index < -0.39 is 17.6 Å². The van der Waals surface area contributed by atoms with Gasteiger partial charge in [0.2, 0.25) is 11.8 Å². The average Bonchev–Trinajstić information content (AvgIpc) is 3.36. The Kier molecular flexibility index (Phi) is 6.51. The first-order valence-corrected chi connectivity index (χ1v) is 12.2. The van der Waals surface area contributed by atoms with Crippen molar-refractivity contribution in [3.63, 3.8) is 0 Å². The van der Waals surface area contributed by atoms with Crippen LogP contribution in [-0.4, -0.2) is 23.3 Å². The molecule has 0 atom stereocenters. The fraction of sp³-hybridized carbons (Fsp3) is 0.321. The maximum Gasteiger partial charge on any atom is 0.416 e. The first-order chi connectivity index (χ1) is 17.3. The summed E-state index contributed by atoms with van der Waals surface area (Å²) in [5.41, 5.74) is 1.79. The number of nitrogens with one attached hydrogen (secondary N) is 1. The monoisotopic (exact) mass is 493 g/mol. The van der Waals surface area contributed by atoms with Gasteiger partial charge in [-0.2, -0.15) is 13.2 Å². The molecule has 1 fully saturated rings. The molecule has 36 heavy (non-hydrogen) atoms. The molecule has 2 heterocycles. The highest BCUT2D eigenvalue weighted by atomic mass is 19.4. The minimum absolute atomic E-state index is 0.158. The van der Waals surface area contributed by atoms with Crippen LogP contribution in [0.25, 0.3) is 16.5 Å². The van der Waals surface area contributed by atoms with E-state index in [1.54, 1.807) is 18.3 Å². The highest BCUT2D eigenvalue weighted by Crippen LogP contribution is 2.40. The van der Waals surface area contributed by atoms with Gasteiger partial charge in [0.05, 0.1) is 16.8 Å². The van der Waals surface area contributed by atoms with Crippen LogP contribution in [0.15, 0.2) is 60.8 Å². The van der Waals surface area contributed by atoms with Crippen LogP contribution in [-0.2, 0) is 15.8 Å². The molecule has 186 valence electrons. The van der Waals surface area contributed by atoms with Gasteiger partial charge in [-0.15, -0.1) is 0 Å². The van der Waals surface area contributed by atoms with Crippen molar-refractivity contribution in [1.29, 1.82) is 0 Å². The van der Waals surface area contributed by atoms with Crippen molar-refractivity contribution in [2.45, 2.75) is 44.7 Å². The van der Waals surface area contributed by atoms with E-state index in [0.29, 0.717) is 29.7 Å². The summed E-state index contributed by atoms with van der Waals surface area (Å²) in [5.74, 6) is -0.266. The number of hydrogen-bond donors (Lipinski definition) is 1. The molecule has 5 nitrogen and oxygen atoms in total. The van der Waals surface area contributed by atoms with Crippen LogP contribution in [0.1, 0.15) is 49.7 Å². The lowest BCUT2D eigenvalue weighted by molar-refractivity contribution is -0.137. The normalized spacial score (nSPS) is 17.4. The second-order valence-electron chi connectivity index (χ2n) is 9.45. The molecule has 2 aliphatic rings. The topological polar surface area (TPSA) is 62.3 Å². The standard InChI is InChI=1S/C28H26F3N3O2/c29-28(30,31)21-8-10-23-20(11-13-34(25(23)16-21)27(36)14-18-4-1-2-5-18)15-26(35)33-22-9-7-19-6-3-12-32-24(19)17-22/h3,6-10,12,15-18H,1-2,4-5,11,13-14H2,(H,33,35). The molecule has 1 aromatic heterocycles. The molecule has 8 heteroatoms. The Bertz CT molecular complexity index is 1340. The largest absolute Gasteiger partial charge is 0.416 e. The van der Waals surface area contributed by atoms with Crippen molar-refractivity contribution in [1.82, 2.24) is 4.98 Å². The Morgan fingerprint density at radius 2 is 1.89 bits per heavy atom. The number of halogens is 3. The third-order valence-electron chi connectivity index (χ3n) is 6.98. The van der Waals surface area contributed by atoms with E-state index in [4.69, 9.17) is 0 Å². The maximum atomic E-state index is 13.5. The van der Waals surface area contributed by atoms with Crippen LogP contribution >= 0.6 is 0 Å². The van der Waals surface area contributed by atoms with Gasteiger partial charge in [-0.1, -0.05) is 31.0 Å². The van der Waals surface area contributed by atoms with E-state index in [0.717, 1.165) is 48.7 Å². The number of nitrogens with zero attached hydrogens (tertiary/aromatic N) is 2. The zero-order valence-corrected chi connectivity index (χ0v) is 19.6. The third-order valence-corrected chi connectivity index (χ3v) is 6.98. The molecular weight excluding hydrogens is 467 g/mol. The zero-order valence-electron chi connectivity index (χ0n) is 19.6. The lowest BCUT2D eigenvalue weighted by Gasteiger charge is -2.32. The summed E-state index contributed by atoms with van der Waals surface area (Å²) in [7, 11) is 0. The van der Waals surface area contributed by atoms with Crippen LogP contribution in [0.3, 0.4) is 0 Å². The van der Waals surface area contributed by atoms with Gasteiger partial charge in [0.1, 0.15) is 0 Å². The number of amides is 2. The Balaban J connectivity index is 1.42. The number of rotatable bonds is 4. The quantitative estimate of drug-likeness (QED) is 0.417. The van der Waals surface area contributed by atoms with Gasteiger partial charge < -0.3 is 10.2 Å². The molecule has 0 spiro atoms. The predicted molar refractivity (Wildman–Crippen MR) is 133 cm³/mol. The Morgan fingerprint density at radius 1 is 1.08 bits per heavy atom. The van der Waals surface area contributed by atoms with Gasteiger partial charge in [-0.3, -0.25) is 14.6 Å². The number of carbonyl (C=O) groups is 2. The molecule has 0 radical (unpaired) electrons. The van der Waals surface area contributed by atoms with Gasteiger partial charge in [0.15, 0.2) is 0 Å². The van der Waals surface area contributed by atoms with Gasteiger partial charge in [-0.25, -0.2) is 0 Å². The maximum absolute atomic E-state index is 13.5. The van der Waals surface area contributed by atoms with Crippen LogP contribution in [0.5, 0.6) is 0 Å². The highest BCUT2D eigenvalue weighted by molar-refractivity contribution is 6.07. The molecule has 1 aliphatic heterocycles. The fourth-order valence-electron chi connectivity index (χ4n) is 5.15. The SMILES string of the molecule is O=C(C=C1CCN(C(=O)CC2CCCC2)c2cc(C(F)(F)F)ccc21)Nc1ccc2cccnc2c1. The smallest absolute Gasteiger partial charge is 0.322 e. The summed E-state index contributed by atoms with van der Waals surface area (Å²) in [5, 5.41) is 3.76. The minimum Gasteiger partial charge on any atom is -0.322 e. The molecule has 1 N–H and O–H groups in total. The second kappa shape index (κ2) is 9.76. The third kappa shape index (κ3) is 5.12. The highest BCUT2D eigenvalue weighted by Gasteiger charge is 2.34. The molecule has 2 amide bonds. The fourth-order valence-corrected chi connectivity index (χ4v) is 5.15. The number of hydrogen-bond acceptors (Lipinski definition) is 3.